The van der Waals surface area contributed by atoms with Crippen molar-refractivity contribution in [3.05, 3.63) is 53.1 Å². The van der Waals surface area contributed by atoms with E-state index in [0.717, 1.165) is 12.0 Å². The van der Waals surface area contributed by atoms with Crippen LogP contribution in [0.3, 0.4) is 0 Å². The first-order valence-corrected chi connectivity index (χ1v) is 11.5. The molecular weight excluding hydrogens is 414 g/mol. The summed E-state index contributed by atoms with van der Waals surface area (Å²) in [4.78, 5) is 0.179. The van der Waals surface area contributed by atoms with E-state index in [0.29, 0.717) is 49.1 Å². The fourth-order valence-electron chi connectivity index (χ4n) is 4.11. The highest BCUT2D eigenvalue weighted by atomic mass is 35.5. The van der Waals surface area contributed by atoms with E-state index >= 15 is 0 Å². The third kappa shape index (κ3) is 4.23. The van der Waals surface area contributed by atoms with Gasteiger partial charge in [-0.2, -0.15) is 4.31 Å². The van der Waals surface area contributed by atoms with Gasteiger partial charge in [0.1, 0.15) is 13.2 Å². The number of nitrogens with zero attached hydrogens (tertiary/aromatic N) is 1. The summed E-state index contributed by atoms with van der Waals surface area (Å²) in [5.74, 6) is 1.00. The van der Waals surface area contributed by atoms with Crippen molar-refractivity contribution in [2.75, 3.05) is 32.9 Å². The number of piperidine rings is 1. The highest BCUT2D eigenvalue weighted by Crippen LogP contribution is 2.38. The highest BCUT2D eigenvalue weighted by molar-refractivity contribution is 7.89. The van der Waals surface area contributed by atoms with Gasteiger partial charge >= 0.3 is 0 Å². The topological polar surface area (TPSA) is 76.1 Å². The van der Waals surface area contributed by atoms with E-state index in [1.807, 2.05) is 18.2 Å². The van der Waals surface area contributed by atoms with Crippen molar-refractivity contribution in [1.82, 2.24) is 4.31 Å². The molecule has 2 heterocycles. The lowest BCUT2D eigenvalue weighted by atomic mass is 9.76. The number of aliphatic hydroxyl groups excluding tert-OH is 1. The van der Waals surface area contributed by atoms with E-state index in [2.05, 4.69) is 0 Å². The van der Waals surface area contributed by atoms with Gasteiger partial charge in [0.2, 0.25) is 10.0 Å². The number of ether oxygens (including phenoxy) is 2. The quantitative estimate of drug-likeness (QED) is 0.777. The van der Waals surface area contributed by atoms with Crippen molar-refractivity contribution >= 4 is 21.6 Å². The number of sulfonamides is 1. The summed E-state index contributed by atoms with van der Waals surface area (Å²) >= 11 is 6.10. The molecule has 8 heteroatoms. The number of fused-ring (bicyclic) bond motifs is 1. The maximum Gasteiger partial charge on any atom is 0.243 e. The molecule has 156 valence electrons. The molecule has 2 aliphatic rings. The van der Waals surface area contributed by atoms with Gasteiger partial charge in [-0.3, -0.25) is 0 Å². The molecule has 29 heavy (non-hydrogen) atoms. The Morgan fingerprint density at radius 3 is 2.66 bits per heavy atom. The summed E-state index contributed by atoms with van der Waals surface area (Å²) in [7, 11) is -3.72. The zero-order valence-corrected chi connectivity index (χ0v) is 17.6. The zero-order valence-electron chi connectivity index (χ0n) is 16.0. The molecule has 0 unspecified atom stereocenters. The largest absolute Gasteiger partial charge is 0.486 e. The molecule has 0 radical (unpaired) electrons. The summed E-state index contributed by atoms with van der Waals surface area (Å²) in [6, 6.07) is 12.2. The fraction of sp³-hybridized carbons (Fsp3) is 0.429. The second kappa shape index (κ2) is 8.14. The molecule has 6 nitrogen and oxygen atoms in total. The Bertz CT molecular complexity index is 996. The molecule has 0 aromatic heterocycles. The predicted octanol–water partition coefficient (Wildman–Crippen LogP) is 3.12. The molecule has 0 saturated carbocycles. The average molecular weight is 438 g/mol. The van der Waals surface area contributed by atoms with E-state index < -0.39 is 15.4 Å². The number of hydrogen-bond acceptors (Lipinski definition) is 5. The number of benzene rings is 2. The molecule has 2 aromatic carbocycles. The molecule has 2 aromatic rings. The highest BCUT2D eigenvalue weighted by Gasteiger charge is 2.40. The van der Waals surface area contributed by atoms with Gasteiger partial charge in [-0.05, 0) is 49.1 Å². The summed E-state index contributed by atoms with van der Waals surface area (Å²) < 4.78 is 39.1. The first-order chi connectivity index (χ1) is 13.9. The number of halogens is 1. The molecule has 0 bridgehead atoms. The van der Waals surface area contributed by atoms with Crippen molar-refractivity contribution in [2.45, 2.75) is 24.2 Å². The predicted molar refractivity (Wildman–Crippen MR) is 110 cm³/mol. The van der Waals surface area contributed by atoms with Crippen LogP contribution in [-0.2, 0) is 16.4 Å². The average Bonchev–Trinajstić information content (AvgIpc) is 2.73. The molecule has 1 fully saturated rings. The lowest BCUT2D eigenvalue weighted by Crippen LogP contribution is -2.48. The Hall–Kier alpha value is -1.80. The minimum atomic E-state index is -3.72. The molecule has 1 N–H and O–H groups in total. The van der Waals surface area contributed by atoms with Crippen LogP contribution in [0.5, 0.6) is 11.5 Å². The van der Waals surface area contributed by atoms with Crippen molar-refractivity contribution in [2.24, 2.45) is 5.41 Å². The maximum absolute atomic E-state index is 13.3. The van der Waals surface area contributed by atoms with Crippen LogP contribution in [0.4, 0.5) is 0 Å². The standard InChI is InChI=1S/C21H24ClNO5S/c22-17-4-1-3-16(11-17)13-21(15-24)7-2-8-23(14-21)29(25,26)18-5-6-19-20(12-18)28-10-9-27-19/h1,3-6,11-12,24H,2,7-10,13-15H2/t21-/m0/s1. The molecule has 2 aliphatic heterocycles. The van der Waals surface area contributed by atoms with Crippen LogP contribution in [0.1, 0.15) is 18.4 Å². The Morgan fingerprint density at radius 2 is 1.90 bits per heavy atom. The van der Waals surface area contributed by atoms with Crippen molar-refractivity contribution in [1.29, 1.82) is 0 Å². The SMILES string of the molecule is O=S(=O)(c1ccc2c(c1)OCCO2)N1CCC[C@](CO)(Cc2cccc(Cl)c2)C1. The lowest BCUT2D eigenvalue weighted by molar-refractivity contribution is 0.0645. The van der Waals surface area contributed by atoms with Crippen LogP contribution in [0.2, 0.25) is 5.02 Å². The second-order valence-electron chi connectivity index (χ2n) is 7.71. The zero-order chi connectivity index (χ0) is 20.5. The third-order valence-electron chi connectivity index (χ3n) is 5.58. The number of hydrogen-bond donors (Lipinski definition) is 1. The molecule has 0 amide bonds. The minimum Gasteiger partial charge on any atom is -0.486 e. The van der Waals surface area contributed by atoms with Crippen molar-refractivity contribution in [3.8, 4) is 11.5 Å². The van der Waals surface area contributed by atoms with E-state index in [4.69, 9.17) is 21.1 Å². The second-order valence-corrected chi connectivity index (χ2v) is 10.1. The van der Waals surface area contributed by atoms with Crippen LogP contribution in [0, 0.1) is 5.41 Å². The van der Waals surface area contributed by atoms with Gasteiger partial charge in [-0.1, -0.05) is 23.7 Å². The van der Waals surface area contributed by atoms with E-state index in [1.54, 1.807) is 18.2 Å². The monoisotopic (exact) mass is 437 g/mol. The van der Waals surface area contributed by atoms with Crippen LogP contribution < -0.4 is 9.47 Å². The van der Waals surface area contributed by atoms with Gasteiger partial charge in [-0.15, -0.1) is 0 Å². The van der Waals surface area contributed by atoms with Crippen LogP contribution in [-0.4, -0.2) is 50.7 Å². The van der Waals surface area contributed by atoms with Crippen molar-refractivity contribution in [3.63, 3.8) is 0 Å². The van der Waals surface area contributed by atoms with Gasteiger partial charge in [0.25, 0.3) is 0 Å². The van der Waals surface area contributed by atoms with Gasteiger partial charge in [0.15, 0.2) is 11.5 Å². The first-order valence-electron chi connectivity index (χ1n) is 9.67. The molecule has 1 atom stereocenters. The number of aliphatic hydroxyl groups is 1. The third-order valence-corrected chi connectivity index (χ3v) is 7.66. The van der Waals surface area contributed by atoms with E-state index in [9.17, 15) is 13.5 Å². The minimum absolute atomic E-state index is 0.0906. The van der Waals surface area contributed by atoms with E-state index in [-0.39, 0.29) is 18.0 Å². The summed E-state index contributed by atoms with van der Waals surface area (Å²) in [5, 5.41) is 10.8. The molecule has 0 aliphatic carbocycles. The summed E-state index contributed by atoms with van der Waals surface area (Å²) in [6.07, 6.45) is 2.01. The first kappa shape index (κ1) is 20.5. The van der Waals surface area contributed by atoms with Gasteiger partial charge in [0, 0.05) is 29.6 Å². The number of rotatable bonds is 5. The van der Waals surface area contributed by atoms with Crippen LogP contribution >= 0.6 is 11.6 Å². The Labute approximate surface area is 176 Å². The van der Waals surface area contributed by atoms with E-state index in [1.165, 1.54) is 10.4 Å². The molecule has 0 spiro atoms. The summed E-state index contributed by atoms with van der Waals surface area (Å²) in [6.45, 7) is 1.44. The molecular formula is C21H24ClNO5S. The normalized spacial score (nSPS) is 22.4. The maximum atomic E-state index is 13.3. The van der Waals surface area contributed by atoms with Gasteiger partial charge in [0.05, 0.1) is 11.5 Å². The lowest BCUT2D eigenvalue weighted by Gasteiger charge is -2.41. The summed E-state index contributed by atoms with van der Waals surface area (Å²) in [5.41, 5.74) is 0.453. The molecule has 1 saturated heterocycles. The van der Waals surface area contributed by atoms with Gasteiger partial charge < -0.3 is 14.6 Å². The smallest absolute Gasteiger partial charge is 0.243 e. The molecule has 4 rings (SSSR count). The van der Waals surface area contributed by atoms with Crippen molar-refractivity contribution < 1.29 is 23.0 Å². The van der Waals surface area contributed by atoms with Crippen LogP contribution in [0.15, 0.2) is 47.4 Å². The Kier molecular flexibility index (Phi) is 5.75. The fourth-order valence-corrected chi connectivity index (χ4v) is 5.93. The van der Waals surface area contributed by atoms with Gasteiger partial charge in [-0.25, -0.2) is 8.42 Å². The Morgan fingerprint density at radius 1 is 1.10 bits per heavy atom. The van der Waals surface area contributed by atoms with Crippen LogP contribution in [0.25, 0.3) is 0 Å². The Balaban J connectivity index is 1.59.